The van der Waals surface area contributed by atoms with Crippen LogP contribution in [0.15, 0.2) is 24.5 Å². The average Bonchev–Trinajstić information content (AvgIpc) is 3.49. The third-order valence-electron chi connectivity index (χ3n) is 6.32. The van der Waals surface area contributed by atoms with Crippen molar-refractivity contribution < 1.29 is 27.2 Å². The largest absolute Gasteiger partial charge is 0.493 e. The summed E-state index contributed by atoms with van der Waals surface area (Å²) in [5.41, 5.74) is 4.98. The van der Waals surface area contributed by atoms with Gasteiger partial charge in [0.25, 0.3) is 0 Å². The molecule has 12 heteroatoms. The number of nitrogens with zero attached hydrogens (tertiary/aromatic N) is 2. The lowest BCUT2D eigenvalue weighted by Gasteiger charge is -2.17. The molecule has 0 aliphatic heterocycles. The molecule has 0 atom stereocenters. The summed E-state index contributed by atoms with van der Waals surface area (Å²) in [6, 6.07) is 3.47. The van der Waals surface area contributed by atoms with E-state index >= 15 is 0 Å². The molecule has 1 saturated carbocycles. The van der Waals surface area contributed by atoms with Crippen molar-refractivity contribution in [2.24, 2.45) is 5.73 Å². The zero-order chi connectivity index (χ0) is 26.6. The number of anilines is 1. The quantitative estimate of drug-likeness (QED) is 0.232. The minimum Gasteiger partial charge on any atom is -0.493 e. The summed E-state index contributed by atoms with van der Waals surface area (Å²) in [4.78, 5) is 11.3. The van der Waals surface area contributed by atoms with Gasteiger partial charge in [-0.2, -0.15) is 13.2 Å². The molecule has 1 fully saturated rings. The fourth-order valence-corrected chi connectivity index (χ4v) is 6.05. The summed E-state index contributed by atoms with van der Waals surface area (Å²) < 4.78 is 66.5. The average molecular weight is 540 g/mol. The molecule has 0 bridgehead atoms. The Kier molecular flexibility index (Phi) is 8.46. The number of nitrogens with two attached hydrogens (primary N) is 1. The second-order valence-electron chi connectivity index (χ2n) is 9.57. The number of nitrogens with one attached hydrogen (secondary N) is 2. The SMILES string of the molecule is CP(C)(=O)c1c(OCCCOCCN)ccc2c(-c3nc(NC4CCCC4)ncc3C(F)(F)F)c[nH]c12. The van der Waals surface area contributed by atoms with E-state index in [1.165, 1.54) is 6.20 Å². The number of alkyl halides is 3. The summed E-state index contributed by atoms with van der Waals surface area (Å²) in [5, 5.41) is 4.10. The van der Waals surface area contributed by atoms with Crippen LogP contribution in [0.25, 0.3) is 22.2 Å². The van der Waals surface area contributed by atoms with Crippen LogP contribution in [0.3, 0.4) is 0 Å². The zero-order valence-electron chi connectivity index (χ0n) is 21.0. The van der Waals surface area contributed by atoms with Crippen molar-refractivity contribution in [1.29, 1.82) is 0 Å². The lowest BCUT2D eigenvalue weighted by Crippen LogP contribution is -2.18. The molecule has 2 heterocycles. The second-order valence-corrected chi connectivity index (χ2v) is 12.7. The minimum atomic E-state index is -4.65. The normalized spacial score (nSPS) is 15.0. The third kappa shape index (κ3) is 6.45. The van der Waals surface area contributed by atoms with Gasteiger partial charge in [0.05, 0.1) is 29.7 Å². The van der Waals surface area contributed by atoms with Crippen molar-refractivity contribution in [3.63, 3.8) is 0 Å². The van der Waals surface area contributed by atoms with Gasteiger partial charge >= 0.3 is 6.18 Å². The number of aromatic amines is 1. The summed E-state index contributed by atoms with van der Waals surface area (Å²) in [7, 11) is -2.89. The van der Waals surface area contributed by atoms with E-state index < -0.39 is 18.9 Å². The van der Waals surface area contributed by atoms with Crippen molar-refractivity contribution in [1.82, 2.24) is 15.0 Å². The fourth-order valence-electron chi connectivity index (χ4n) is 4.66. The second kappa shape index (κ2) is 11.4. The lowest BCUT2D eigenvalue weighted by atomic mass is 10.1. The first-order chi connectivity index (χ1) is 17.6. The Bertz CT molecular complexity index is 1270. The number of ether oxygens (including phenoxy) is 2. The summed E-state index contributed by atoms with van der Waals surface area (Å²) in [6.45, 7) is 4.91. The van der Waals surface area contributed by atoms with Crippen LogP contribution < -0.4 is 21.1 Å². The molecule has 1 aliphatic rings. The molecule has 0 amide bonds. The van der Waals surface area contributed by atoms with Gasteiger partial charge in [-0.05, 0) is 38.3 Å². The summed E-state index contributed by atoms with van der Waals surface area (Å²) in [5.74, 6) is 0.591. The highest BCUT2D eigenvalue weighted by molar-refractivity contribution is 7.70. The number of H-pyrrole nitrogens is 1. The number of halogens is 3. The van der Waals surface area contributed by atoms with Crippen molar-refractivity contribution in [2.75, 3.05) is 45.0 Å². The van der Waals surface area contributed by atoms with Crippen LogP contribution in [0.5, 0.6) is 5.75 Å². The van der Waals surface area contributed by atoms with Gasteiger partial charge < -0.3 is 30.1 Å². The van der Waals surface area contributed by atoms with E-state index in [4.69, 9.17) is 15.2 Å². The molecule has 8 nitrogen and oxygen atoms in total. The van der Waals surface area contributed by atoms with Gasteiger partial charge in [-0.3, -0.25) is 0 Å². The lowest BCUT2D eigenvalue weighted by molar-refractivity contribution is -0.137. The highest BCUT2D eigenvalue weighted by Crippen LogP contribution is 2.44. The van der Waals surface area contributed by atoms with Crippen LogP contribution in [0.2, 0.25) is 0 Å². The number of benzene rings is 1. The van der Waals surface area contributed by atoms with Crippen LogP contribution in [-0.2, 0) is 15.5 Å². The van der Waals surface area contributed by atoms with E-state index in [1.54, 1.807) is 25.5 Å². The number of hydrogen-bond acceptors (Lipinski definition) is 7. The zero-order valence-corrected chi connectivity index (χ0v) is 21.9. The Morgan fingerprint density at radius 3 is 2.62 bits per heavy atom. The first-order valence-corrected chi connectivity index (χ1v) is 15.0. The summed E-state index contributed by atoms with van der Waals surface area (Å²) >= 11 is 0. The topological polar surface area (TPSA) is 115 Å². The molecule has 1 aliphatic carbocycles. The van der Waals surface area contributed by atoms with Gasteiger partial charge in [0, 0.05) is 49.0 Å². The van der Waals surface area contributed by atoms with Crippen LogP contribution in [0, 0.1) is 0 Å². The predicted octanol–water partition coefficient (Wildman–Crippen LogP) is 4.99. The molecule has 37 heavy (non-hydrogen) atoms. The van der Waals surface area contributed by atoms with Crippen molar-refractivity contribution in [3.05, 3.63) is 30.1 Å². The maximum absolute atomic E-state index is 14.0. The Hall–Kier alpha value is -2.62. The number of fused-ring (bicyclic) bond motifs is 1. The number of hydrogen-bond donors (Lipinski definition) is 3. The Labute approximate surface area is 213 Å². The third-order valence-corrected chi connectivity index (χ3v) is 7.84. The molecule has 4 rings (SSSR count). The van der Waals surface area contributed by atoms with Crippen LogP contribution >= 0.6 is 7.14 Å². The molecule has 2 aromatic heterocycles. The van der Waals surface area contributed by atoms with Crippen molar-refractivity contribution in [3.8, 4) is 17.0 Å². The maximum Gasteiger partial charge on any atom is 0.419 e. The van der Waals surface area contributed by atoms with Gasteiger partial charge in [0.1, 0.15) is 18.5 Å². The standard InChI is InChI=1S/C25H33F3N5O3P/c1-37(2,34)23-20(36-12-5-11-35-13-10-29)9-8-17-18(14-30-22(17)23)21-19(25(26,27)28)15-31-24(33-21)32-16-6-3-4-7-16/h8-9,14-16,30H,3-7,10-13,29H2,1-2H3,(H,31,32,33). The smallest absolute Gasteiger partial charge is 0.419 e. The number of aromatic nitrogens is 3. The van der Waals surface area contributed by atoms with E-state index in [9.17, 15) is 17.7 Å². The van der Waals surface area contributed by atoms with E-state index in [2.05, 4.69) is 20.3 Å². The molecule has 0 unspecified atom stereocenters. The van der Waals surface area contributed by atoms with Crippen molar-refractivity contribution in [2.45, 2.75) is 44.3 Å². The highest BCUT2D eigenvalue weighted by atomic mass is 31.2. The first kappa shape index (κ1) is 27.4. The molecule has 0 saturated heterocycles. The predicted molar refractivity (Wildman–Crippen MR) is 139 cm³/mol. The highest BCUT2D eigenvalue weighted by Gasteiger charge is 2.36. The summed E-state index contributed by atoms with van der Waals surface area (Å²) in [6.07, 6.45) is 2.26. The monoisotopic (exact) mass is 539 g/mol. The molecule has 1 aromatic carbocycles. The fraction of sp³-hybridized carbons (Fsp3) is 0.520. The van der Waals surface area contributed by atoms with Crippen molar-refractivity contribution >= 4 is 29.3 Å². The van der Waals surface area contributed by atoms with Crippen LogP contribution in [0.4, 0.5) is 19.1 Å². The van der Waals surface area contributed by atoms with Gasteiger partial charge in [-0.25, -0.2) is 9.97 Å². The Balaban J connectivity index is 1.72. The van der Waals surface area contributed by atoms with Crippen LogP contribution in [0.1, 0.15) is 37.7 Å². The molecule has 0 spiro atoms. The molecule has 4 N–H and O–H groups in total. The Morgan fingerprint density at radius 2 is 1.95 bits per heavy atom. The van der Waals surface area contributed by atoms with Gasteiger partial charge in [-0.15, -0.1) is 0 Å². The minimum absolute atomic E-state index is 0.144. The van der Waals surface area contributed by atoms with Gasteiger partial charge in [0.2, 0.25) is 5.95 Å². The van der Waals surface area contributed by atoms with Gasteiger partial charge in [-0.1, -0.05) is 12.8 Å². The van der Waals surface area contributed by atoms with E-state index in [1.807, 2.05) is 0 Å². The molecule has 3 aromatic rings. The Morgan fingerprint density at radius 1 is 1.19 bits per heavy atom. The molecular formula is C25H33F3N5O3P. The van der Waals surface area contributed by atoms with E-state index in [-0.39, 0.29) is 23.2 Å². The van der Waals surface area contributed by atoms with Crippen LogP contribution in [-0.4, -0.2) is 60.7 Å². The molecule has 202 valence electrons. The van der Waals surface area contributed by atoms with E-state index in [0.29, 0.717) is 54.7 Å². The van der Waals surface area contributed by atoms with Gasteiger partial charge in [0.15, 0.2) is 0 Å². The molecular weight excluding hydrogens is 506 g/mol. The molecule has 0 radical (unpaired) electrons. The van der Waals surface area contributed by atoms with E-state index in [0.717, 1.165) is 31.9 Å². The maximum atomic E-state index is 14.0. The first-order valence-electron chi connectivity index (χ1n) is 12.4. The number of rotatable bonds is 11.